The molecule has 0 saturated heterocycles. The Morgan fingerprint density at radius 3 is 2.04 bits per heavy atom. The minimum atomic E-state index is -3.53. The summed E-state index contributed by atoms with van der Waals surface area (Å²) in [6.07, 6.45) is -0.891. The smallest absolute Gasteiger partial charge is 0.425 e. The molecule has 0 fully saturated rings. The minimum Gasteiger partial charge on any atom is -0.443 e. The van der Waals surface area contributed by atoms with Gasteiger partial charge in [-0.25, -0.2) is 32.4 Å². The molecule has 250 valence electrons. The van der Waals surface area contributed by atoms with Gasteiger partial charge in [-0.3, -0.25) is 0 Å². The van der Waals surface area contributed by atoms with Crippen LogP contribution in [-0.4, -0.2) is 52.2 Å². The monoisotopic (exact) mass is 667 g/mol. The second kappa shape index (κ2) is 13.2. The predicted molar refractivity (Wildman–Crippen MR) is 174 cm³/mol. The van der Waals surface area contributed by atoms with Crippen molar-refractivity contribution >= 4 is 27.8 Å². The summed E-state index contributed by atoms with van der Waals surface area (Å²) >= 11 is 0. The van der Waals surface area contributed by atoms with Crippen molar-refractivity contribution in [3.05, 3.63) is 66.1 Å². The van der Waals surface area contributed by atoms with Gasteiger partial charge in [-0.1, -0.05) is 23.4 Å². The molecule has 0 aliphatic carbocycles. The Kier molecular flexibility index (Phi) is 9.88. The van der Waals surface area contributed by atoms with Gasteiger partial charge in [0, 0.05) is 23.7 Å². The summed E-state index contributed by atoms with van der Waals surface area (Å²) in [5.41, 5.74) is 5.00. The normalized spacial score (nSPS) is 12.2. The van der Waals surface area contributed by atoms with Crippen molar-refractivity contribution in [2.45, 2.75) is 83.3 Å². The van der Waals surface area contributed by atoms with Crippen molar-refractivity contribution in [2.24, 2.45) is 5.73 Å². The zero-order chi connectivity index (χ0) is 34.9. The molecule has 2 aromatic carbocycles. The van der Waals surface area contributed by atoms with E-state index in [-0.39, 0.29) is 45.7 Å². The third-order valence-electron chi connectivity index (χ3n) is 6.51. The lowest BCUT2D eigenvalue weighted by Gasteiger charge is -2.28. The van der Waals surface area contributed by atoms with Crippen LogP contribution in [0.3, 0.4) is 0 Å². The van der Waals surface area contributed by atoms with Crippen LogP contribution < -0.4 is 10.6 Å². The standard InChI is InChI=1S/C33H38FN5O7S/c1-19(2)47(42,43)22-12-10-21(11-13-22)26-18-36-29(39(30(40)44-32(3,4)5)31(41)45-33(6,7)8)28(37-26)27-16-25(38-46-27)23-14-9-20(17-35)15-24(23)34/h9-16,18-19H,17,35H2,1-8H3. The average Bonchev–Trinajstić information content (AvgIpc) is 3.45. The Balaban J connectivity index is 1.91. The highest BCUT2D eigenvalue weighted by atomic mass is 32.2. The van der Waals surface area contributed by atoms with Crippen LogP contribution >= 0.6 is 0 Å². The number of nitrogens with two attached hydrogens (primary N) is 1. The van der Waals surface area contributed by atoms with Gasteiger partial charge >= 0.3 is 12.2 Å². The number of carbonyl (C=O) groups excluding carboxylic acids is 2. The summed E-state index contributed by atoms with van der Waals surface area (Å²) in [7, 11) is -3.53. The summed E-state index contributed by atoms with van der Waals surface area (Å²) in [6, 6.07) is 11.8. The van der Waals surface area contributed by atoms with Gasteiger partial charge in [-0.05, 0) is 85.2 Å². The number of hydrogen-bond donors (Lipinski definition) is 1. The Morgan fingerprint density at radius 2 is 1.53 bits per heavy atom. The number of rotatable bonds is 7. The molecule has 0 aliphatic rings. The maximum atomic E-state index is 15.0. The van der Waals surface area contributed by atoms with Crippen molar-refractivity contribution in [1.29, 1.82) is 0 Å². The number of halogens is 1. The number of nitrogens with zero attached hydrogens (tertiary/aromatic N) is 4. The summed E-state index contributed by atoms with van der Waals surface area (Å²) in [4.78, 5) is 36.8. The van der Waals surface area contributed by atoms with E-state index in [1.54, 1.807) is 73.6 Å². The first kappa shape index (κ1) is 35.2. The van der Waals surface area contributed by atoms with Gasteiger partial charge in [0.05, 0.1) is 22.0 Å². The van der Waals surface area contributed by atoms with Crippen molar-refractivity contribution in [3.8, 4) is 34.0 Å². The molecule has 2 heterocycles. The van der Waals surface area contributed by atoms with E-state index in [2.05, 4.69) is 15.1 Å². The first-order chi connectivity index (χ1) is 21.8. The van der Waals surface area contributed by atoms with Gasteiger partial charge in [0.2, 0.25) is 0 Å². The van der Waals surface area contributed by atoms with E-state index in [0.717, 1.165) is 0 Å². The number of carbonyl (C=O) groups is 2. The van der Waals surface area contributed by atoms with Crippen molar-refractivity contribution < 1.29 is 36.4 Å². The molecule has 2 aromatic heterocycles. The van der Waals surface area contributed by atoms with E-state index < -0.39 is 44.3 Å². The van der Waals surface area contributed by atoms with E-state index in [1.165, 1.54) is 36.5 Å². The van der Waals surface area contributed by atoms with Crippen LogP contribution in [0.25, 0.3) is 34.0 Å². The fourth-order valence-electron chi connectivity index (χ4n) is 4.21. The molecule has 0 atom stereocenters. The molecule has 0 unspecified atom stereocenters. The zero-order valence-electron chi connectivity index (χ0n) is 27.5. The molecular weight excluding hydrogens is 629 g/mol. The third kappa shape index (κ3) is 8.19. The molecular formula is C33H38FN5O7S. The van der Waals surface area contributed by atoms with Crippen LogP contribution in [0, 0.1) is 5.82 Å². The maximum absolute atomic E-state index is 15.0. The summed E-state index contributed by atoms with van der Waals surface area (Å²) in [6.45, 7) is 13.1. The third-order valence-corrected chi connectivity index (χ3v) is 8.68. The Morgan fingerprint density at radius 1 is 0.936 bits per heavy atom. The summed E-state index contributed by atoms with van der Waals surface area (Å²) < 4.78 is 57.0. The molecule has 14 heteroatoms. The fraction of sp³-hybridized carbons (Fsp3) is 0.364. The Hall–Kier alpha value is -4.69. The number of hydrogen-bond acceptors (Lipinski definition) is 11. The van der Waals surface area contributed by atoms with Crippen molar-refractivity contribution in [1.82, 2.24) is 15.1 Å². The van der Waals surface area contributed by atoms with Crippen LogP contribution in [0.15, 0.2) is 64.1 Å². The van der Waals surface area contributed by atoms with Crippen LogP contribution in [0.4, 0.5) is 19.8 Å². The molecule has 0 bridgehead atoms. The summed E-state index contributed by atoms with van der Waals surface area (Å²) in [5, 5.41) is 3.39. The molecule has 2 N–H and O–H groups in total. The number of imide groups is 1. The van der Waals surface area contributed by atoms with Crippen LogP contribution in [0.1, 0.15) is 61.0 Å². The van der Waals surface area contributed by atoms with Gasteiger partial charge in [0.1, 0.15) is 22.7 Å². The highest BCUT2D eigenvalue weighted by Gasteiger charge is 2.37. The lowest BCUT2D eigenvalue weighted by molar-refractivity contribution is 0.0429. The number of aromatic nitrogens is 3. The molecule has 0 spiro atoms. The largest absolute Gasteiger partial charge is 0.443 e. The van der Waals surface area contributed by atoms with E-state index in [1.807, 2.05) is 0 Å². The lowest BCUT2D eigenvalue weighted by atomic mass is 10.1. The fourth-order valence-corrected chi connectivity index (χ4v) is 5.27. The highest BCUT2D eigenvalue weighted by molar-refractivity contribution is 7.92. The van der Waals surface area contributed by atoms with E-state index in [4.69, 9.17) is 19.7 Å². The van der Waals surface area contributed by atoms with Crippen molar-refractivity contribution in [2.75, 3.05) is 4.90 Å². The SMILES string of the molecule is CC(C)S(=O)(=O)c1ccc(-c2cnc(N(C(=O)OC(C)(C)C)C(=O)OC(C)(C)C)c(-c3cc(-c4ccc(CN)cc4F)no3)n2)cc1. The molecule has 4 aromatic rings. The Labute approximate surface area is 273 Å². The van der Waals surface area contributed by atoms with Gasteiger partial charge < -0.3 is 19.7 Å². The first-order valence-electron chi connectivity index (χ1n) is 14.7. The van der Waals surface area contributed by atoms with Gasteiger partial charge in [0.25, 0.3) is 0 Å². The molecule has 0 saturated carbocycles. The van der Waals surface area contributed by atoms with Crippen LogP contribution in [0.5, 0.6) is 0 Å². The number of anilines is 1. The quantitative estimate of drug-likeness (QED) is 0.217. The number of amides is 2. The molecule has 2 amide bonds. The van der Waals surface area contributed by atoms with Gasteiger partial charge in [0.15, 0.2) is 27.1 Å². The zero-order valence-corrected chi connectivity index (χ0v) is 28.3. The first-order valence-corrected chi connectivity index (χ1v) is 16.3. The predicted octanol–water partition coefficient (Wildman–Crippen LogP) is 6.92. The molecule has 0 radical (unpaired) electrons. The van der Waals surface area contributed by atoms with Crippen LogP contribution in [0.2, 0.25) is 0 Å². The van der Waals surface area contributed by atoms with E-state index in [9.17, 15) is 22.4 Å². The van der Waals surface area contributed by atoms with E-state index >= 15 is 0 Å². The number of sulfone groups is 1. The number of benzene rings is 2. The second-order valence-electron chi connectivity index (χ2n) is 12.9. The maximum Gasteiger partial charge on any atom is 0.425 e. The molecule has 4 rings (SSSR count). The van der Waals surface area contributed by atoms with Gasteiger partial charge in [-0.15, -0.1) is 0 Å². The molecule has 0 aliphatic heterocycles. The summed E-state index contributed by atoms with van der Waals surface area (Å²) in [5.74, 6) is -0.964. The topological polar surface area (TPSA) is 168 Å². The average molecular weight is 668 g/mol. The van der Waals surface area contributed by atoms with Crippen LogP contribution in [-0.2, 0) is 25.9 Å². The number of ether oxygens (including phenoxy) is 2. The lowest BCUT2D eigenvalue weighted by Crippen LogP contribution is -2.44. The highest BCUT2D eigenvalue weighted by Crippen LogP contribution is 2.35. The Bertz CT molecular complexity index is 1870. The molecule has 47 heavy (non-hydrogen) atoms. The molecule has 12 nitrogen and oxygen atoms in total. The van der Waals surface area contributed by atoms with Gasteiger partial charge in [-0.2, -0.15) is 4.90 Å². The minimum absolute atomic E-state index is 0.0669. The second-order valence-corrected chi connectivity index (χ2v) is 15.4. The van der Waals surface area contributed by atoms with Crippen molar-refractivity contribution in [3.63, 3.8) is 0 Å². The van der Waals surface area contributed by atoms with E-state index in [0.29, 0.717) is 16.0 Å².